The average molecular weight is 318 g/mol. The second-order valence-corrected chi connectivity index (χ2v) is 5.01. The summed E-state index contributed by atoms with van der Waals surface area (Å²) >= 11 is 0. The van der Waals surface area contributed by atoms with Crippen molar-refractivity contribution in [2.24, 2.45) is 5.73 Å². The average Bonchev–Trinajstić information content (AvgIpc) is 2.53. The Labute approximate surface area is 130 Å². The van der Waals surface area contributed by atoms with Gasteiger partial charge in [0.2, 0.25) is 0 Å². The summed E-state index contributed by atoms with van der Waals surface area (Å²) in [6.07, 6.45) is -3.04. The Balaban J connectivity index is 1.92. The molecule has 2 aromatic carbocycles. The molecule has 3 nitrogen and oxygen atoms in total. The highest BCUT2D eigenvalue weighted by Crippen LogP contribution is 2.28. The van der Waals surface area contributed by atoms with E-state index in [2.05, 4.69) is 9.72 Å². The van der Waals surface area contributed by atoms with Crippen molar-refractivity contribution in [3.05, 3.63) is 71.9 Å². The van der Waals surface area contributed by atoms with Crippen LogP contribution in [0.3, 0.4) is 0 Å². The van der Waals surface area contributed by atoms with E-state index in [9.17, 15) is 13.2 Å². The van der Waals surface area contributed by atoms with Crippen LogP contribution in [0.4, 0.5) is 13.2 Å². The van der Waals surface area contributed by atoms with E-state index in [-0.39, 0.29) is 5.75 Å². The third-order valence-electron chi connectivity index (χ3n) is 3.49. The molecule has 23 heavy (non-hydrogen) atoms. The first-order valence-electron chi connectivity index (χ1n) is 6.89. The molecular weight excluding hydrogens is 305 g/mol. The molecule has 0 saturated carbocycles. The van der Waals surface area contributed by atoms with Gasteiger partial charge < -0.3 is 10.5 Å². The molecule has 0 bridgehead atoms. The molecule has 1 aromatic heterocycles. The highest BCUT2D eigenvalue weighted by atomic mass is 19.4. The summed E-state index contributed by atoms with van der Waals surface area (Å²) < 4.78 is 40.4. The molecule has 0 saturated heterocycles. The maximum absolute atomic E-state index is 12.2. The standard InChI is InChI=1S/C17H13F3N2O/c18-17(19,20)23-12-7-5-11(6-8-12)16(21)14-9-10-22-15-4-2-1-3-13(14)15/h1-10,16H,21H2/t16-/m0/s1. The van der Waals surface area contributed by atoms with Crippen LogP contribution in [0.2, 0.25) is 0 Å². The van der Waals surface area contributed by atoms with Gasteiger partial charge >= 0.3 is 6.36 Å². The third kappa shape index (κ3) is 3.43. The van der Waals surface area contributed by atoms with Crippen molar-refractivity contribution >= 4 is 10.9 Å². The summed E-state index contributed by atoms with van der Waals surface area (Å²) in [5.41, 5.74) is 8.64. The molecule has 6 heteroatoms. The van der Waals surface area contributed by atoms with Crippen LogP contribution in [-0.2, 0) is 0 Å². The van der Waals surface area contributed by atoms with Gasteiger partial charge in [0, 0.05) is 11.6 Å². The molecule has 0 aliphatic rings. The van der Waals surface area contributed by atoms with Crippen molar-refractivity contribution < 1.29 is 17.9 Å². The molecule has 3 aromatic rings. The third-order valence-corrected chi connectivity index (χ3v) is 3.49. The Bertz CT molecular complexity index is 811. The number of ether oxygens (including phenoxy) is 1. The van der Waals surface area contributed by atoms with E-state index in [0.717, 1.165) is 16.5 Å². The first-order chi connectivity index (χ1) is 10.9. The molecule has 0 spiro atoms. The summed E-state index contributed by atoms with van der Waals surface area (Å²) in [6, 6.07) is 14.5. The highest BCUT2D eigenvalue weighted by Gasteiger charge is 2.31. The maximum Gasteiger partial charge on any atom is 0.573 e. The van der Waals surface area contributed by atoms with Gasteiger partial charge in [0.25, 0.3) is 0 Å². The number of pyridine rings is 1. The molecule has 0 unspecified atom stereocenters. The van der Waals surface area contributed by atoms with Gasteiger partial charge in [-0.25, -0.2) is 0 Å². The minimum Gasteiger partial charge on any atom is -0.406 e. The Morgan fingerprint density at radius 3 is 2.35 bits per heavy atom. The van der Waals surface area contributed by atoms with Gasteiger partial charge in [-0.05, 0) is 35.4 Å². The zero-order valence-corrected chi connectivity index (χ0v) is 11.9. The van der Waals surface area contributed by atoms with Gasteiger partial charge in [0.05, 0.1) is 11.6 Å². The van der Waals surface area contributed by atoms with Crippen LogP contribution >= 0.6 is 0 Å². The van der Waals surface area contributed by atoms with Crippen LogP contribution in [0.1, 0.15) is 17.2 Å². The van der Waals surface area contributed by atoms with Gasteiger partial charge in [0.15, 0.2) is 0 Å². The van der Waals surface area contributed by atoms with Crippen LogP contribution in [0.5, 0.6) is 5.75 Å². The number of hydrogen-bond acceptors (Lipinski definition) is 3. The number of benzene rings is 2. The van der Waals surface area contributed by atoms with E-state index in [1.54, 1.807) is 6.20 Å². The molecule has 0 amide bonds. The summed E-state index contributed by atoms with van der Waals surface area (Å²) in [5, 5.41) is 0.915. The minimum absolute atomic E-state index is 0.270. The number of hydrogen-bond donors (Lipinski definition) is 1. The number of halogens is 3. The van der Waals surface area contributed by atoms with E-state index >= 15 is 0 Å². The first kappa shape index (κ1) is 15.3. The Hall–Kier alpha value is -2.60. The predicted octanol–water partition coefficient (Wildman–Crippen LogP) is 4.18. The quantitative estimate of drug-likeness (QED) is 0.788. The van der Waals surface area contributed by atoms with Crippen molar-refractivity contribution in [1.29, 1.82) is 0 Å². The number of fused-ring (bicyclic) bond motifs is 1. The predicted molar refractivity (Wildman–Crippen MR) is 80.9 cm³/mol. The first-order valence-corrected chi connectivity index (χ1v) is 6.89. The molecule has 1 atom stereocenters. The number of nitrogens with zero attached hydrogens (tertiary/aromatic N) is 1. The monoisotopic (exact) mass is 318 g/mol. The van der Waals surface area contributed by atoms with Crippen LogP contribution in [0, 0.1) is 0 Å². The number of nitrogens with two attached hydrogens (primary N) is 1. The number of para-hydroxylation sites is 1. The zero-order valence-electron chi connectivity index (χ0n) is 11.9. The summed E-state index contributed by atoms with van der Waals surface area (Å²) in [6.45, 7) is 0. The fourth-order valence-electron chi connectivity index (χ4n) is 2.45. The van der Waals surface area contributed by atoms with Gasteiger partial charge in [-0.15, -0.1) is 13.2 Å². The molecular formula is C17H13F3N2O. The van der Waals surface area contributed by atoms with Crippen molar-refractivity contribution in [3.8, 4) is 5.75 Å². The number of alkyl halides is 3. The Morgan fingerprint density at radius 1 is 0.957 bits per heavy atom. The topological polar surface area (TPSA) is 48.1 Å². The van der Waals surface area contributed by atoms with Gasteiger partial charge in [-0.2, -0.15) is 0 Å². The molecule has 1 heterocycles. The van der Waals surface area contributed by atoms with E-state index in [1.807, 2.05) is 30.3 Å². The Morgan fingerprint density at radius 2 is 1.65 bits per heavy atom. The SMILES string of the molecule is N[C@@H](c1ccc(OC(F)(F)F)cc1)c1ccnc2ccccc12. The zero-order chi connectivity index (χ0) is 16.4. The second kappa shape index (κ2) is 5.89. The smallest absolute Gasteiger partial charge is 0.406 e. The fraction of sp³-hybridized carbons (Fsp3) is 0.118. The normalized spacial score (nSPS) is 13.0. The van der Waals surface area contributed by atoms with Crippen LogP contribution in [0.25, 0.3) is 10.9 Å². The van der Waals surface area contributed by atoms with Gasteiger partial charge in [0.1, 0.15) is 5.75 Å². The van der Waals surface area contributed by atoms with Crippen molar-refractivity contribution in [3.63, 3.8) is 0 Å². The fourth-order valence-corrected chi connectivity index (χ4v) is 2.45. The highest BCUT2D eigenvalue weighted by molar-refractivity contribution is 5.82. The van der Waals surface area contributed by atoms with Crippen molar-refractivity contribution in [2.75, 3.05) is 0 Å². The van der Waals surface area contributed by atoms with Crippen molar-refractivity contribution in [2.45, 2.75) is 12.4 Å². The number of rotatable bonds is 3. The maximum atomic E-state index is 12.2. The van der Waals surface area contributed by atoms with Gasteiger partial charge in [-0.3, -0.25) is 4.98 Å². The lowest BCUT2D eigenvalue weighted by atomic mass is 9.96. The van der Waals surface area contributed by atoms with Gasteiger partial charge in [-0.1, -0.05) is 30.3 Å². The van der Waals surface area contributed by atoms with Crippen molar-refractivity contribution in [1.82, 2.24) is 4.98 Å². The molecule has 2 N–H and O–H groups in total. The van der Waals surface area contributed by atoms with E-state index in [4.69, 9.17) is 5.73 Å². The summed E-state index contributed by atoms with van der Waals surface area (Å²) in [7, 11) is 0. The molecule has 0 fully saturated rings. The molecule has 0 radical (unpaired) electrons. The lowest BCUT2D eigenvalue weighted by Gasteiger charge is -2.16. The largest absolute Gasteiger partial charge is 0.573 e. The number of aromatic nitrogens is 1. The molecule has 3 rings (SSSR count). The minimum atomic E-state index is -4.70. The second-order valence-electron chi connectivity index (χ2n) is 5.01. The lowest BCUT2D eigenvalue weighted by molar-refractivity contribution is -0.274. The summed E-state index contributed by atoms with van der Waals surface area (Å²) in [4.78, 5) is 4.27. The van der Waals surface area contributed by atoms with Crippen LogP contribution < -0.4 is 10.5 Å². The molecule has 0 aliphatic carbocycles. The summed E-state index contributed by atoms with van der Waals surface area (Å²) in [5.74, 6) is -0.270. The van der Waals surface area contributed by atoms with Crippen LogP contribution in [0.15, 0.2) is 60.8 Å². The van der Waals surface area contributed by atoms with Crippen LogP contribution in [-0.4, -0.2) is 11.3 Å². The molecule has 118 valence electrons. The van der Waals surface area contributed by atoms with E-state index in [0.29, 0.717) is 5.56 Å². The Kier molecular flexibility index (Phi) is 3.92. The lowest BCUT2D eigenvalue weighted by Crippen LogP contribution is -2.17. The van der Waals surface area contributed by atoms with E-state index in [1.165, 1.54) is 24.3 Å². The molecule has 0 aliphatic heterocycles. The van der Waals surface area contributed by atoms with E-state index < -0.39 is 12.4 Å².